The van der Waals surface area contributed by atoms with Crippen LogP contribution in [0, 0.1) is 0 Å². The van der Waals surface area contributed by atoms with Gasteiger partial charge in [0.1, 0.15) is 0 Å². The summed E-state index contributed by atoms with van der Waals surface area (Å²) in [6, 6.07) is 19.0. The molecule has 0 saturated carbocycles. The molecule has 1 fully saturated rings. The van der Waals surface area contributed by atoms with E-state index in [1.165, 1.54) is 31.5 Å². The second-order valence-corrected chi connectivity index (χ2v) is 6.29. The van der Waals surface area contributed by atoms with Gasteiger partial charge in [-0.05, 0) is 67.0 Å². The van der Waals surface area contributed by atoms with Crippen molar-refractivity contribution in [3.05, 3.63) is 60.2 Å². The monoisotopic (exact) mass is 319 g/mol. The van der Waals surface area contributed by atoms with Gasteiger partial charge in [0.2, 0.25) is 0 Å². The van der Waals surface area contributed by atoms with Crippen molar-refractivity contribution in [1.29, 1.82) is 0 Å². The molecule has 0 spiro atoms. The van der Waals surface area contributed by atoms with Crippen LogP contribution >= 0.6 is 0 Å². The van der Waals surface area contributed by atoms with E-state index in [4.69, 9.17) is 0 Å². The molecule has 0 aliphatic carbocycles. The molecule has 1 aliphatic rings. The Bertz CT molecular complexity index is 805. The van der Waals surface area contributed by atoms with Gasteiger partial charge in [-0.1, -0.05) is 36.4 Å². The van der Waals surface area contributed by atoms with Gasteiger partial charge < -0.3 is 0 Å². The van der Waals surface area contributed by atoms with E-state index in [2.05, 4.69) is 51.6 Å². The molecule has 5 nitrogen and oxygen atoms in total. The normalized spacial score (nSPS) is 16.4. The summed E-state index contributed by atoms with van der Waals surface area (Å²) >= 11 is 0. The molecular formula is C19H21N5. The number of nitrogens with zero attached hydrogens (tertiary/aromatic N) is 5. The van der Waals surface area contributed by atoms with Crippen LogP contribution in [0.5, 0.6) is 0 Å². The van der Waals surface area contributed by atoms with E-state index >= 15 is 0 Å². The first kappa shape index (κ1) is 15.0. The summed E-state index contributed by atoms with van der Waals surface area (Å²) in [4.78, 5) is 2.54. The molecule has 2 heterocycles. The third kappa shape index (κ3) is 2.83. The Morgan fingerprint density at radius 3 is 2.54 bits per heavy atom. The highest BCUT2D eigenvalue weighted by molar-refractivity contribution is 5.58. The second-order valence-electron chi connectivity index (χ2n) is 6.29. The average Bonchev–Trinajstić information content (AvgIpc) is 3.34. The van der Waals surface area contributed by atoms with Crippen LogP contribution in [-0.2, 0) is 0 Å². The highest BCUT2D eigenvalue weighted by atomic mass is 15.5. The third-order valence-corrected chi connectivity index (χ3v) is 4.79. The van der Waals surface area contributed by atoms with Crippen molar-refractivity contribution >= 4 is 0 Å². The summed E-state index contributed by atoms with van der Waals surface area (Å²) in [5.74, 6) is 0.775. The smallest absolute Gasteiger partial charge is 0.187 e. The van der Waals surface area contributed by atoms with Gasteiger partial charge in [0.25, 0.3) is 0 Å². The number of hydrogen-bond acceptors (Lipinski definition) is 4. The highest BCUT2D eigenvalue weighted by Gasteiger charge is 2.20. The standard InChI is InChI=1S/C19H21N5/c1-15(23-12-5-6-13-23)16-8-7-9-17(14-16)19-20-21-22-24(19)18-10-3-2-4-11-18/h2-4,7-11,14-15H,5-6,12-13H2,1H3/t15-/m0/s1. The van der Waals surface area contributed by atoms with Crippen molar-refractivity contribution in [2.24, 2.45) is 0 Å². The van der Waals surface area contributed by atoms with Gasteiger partial charge >= 0.3 is 0 Å². The van der Waals surface area contributed by atoms with Gasteiger partial charge in [0, 0.05) is 11.6 Å². The zero-order chi connectivity index (χ0) is 16.4. The van der Waals surface area contributed by atoms with Crippen molar-refractivity contribution in [1.82, 2.24) is 25.1 Å². The lowest BCUT2D eigenvalue weighted by Crippen LogP contribution is -2.23. The summed E-state index contributed by atoms with van der Waals surface area (Å²) in [5.41, 5.74) is 3.33. The van der Waals surface area contributed by atoms with E-state index in [1.54, 1.807) is 4.68 Å². The van der Waals surface area contributed by atoms with Crippen LogP contribution in [-0.4, -0.2) is 38.2 Å². The summed E-state index contributed by atoms with van der Waals surface area (Å²) < 4.78 is 1.79. The van der Waals surface area contributed by atoms with Crippen molar-refractivity contribution in [2.45, 2.75) is 25.8 Å². The Labute approximate surface area is 141 Å². The molecule has 2 aromatic carbocycles. The lowest BCUT2D eigenvalue weighted by Gasteiger charge is -2.24. The van der Waals surface area contributed by atoms with Gasteiger partial charge in [-0.25, -0.2) is 0 Å². The van der Waals surface area contributed by atoms with Crippen LogP contribution in [0.4, 0.5) is 0 Å². The number of tetrazole rings is 1. The summed E-state index contributed by atoms with van der Waals surface area (Å²) in [6.07, 6.45) is 2.60. The second kappa shape index (κ2) is 6.53. The lowest BCUT2D eigenvalue weighted by atomic mass is 10.0. The minimum Gasteiger partial charge on any atom is -0.297 e. The van der Waals surface area contributed by atoms with E-state index in [-0.39, 0.29) is 0 Å². The van der Waals surface area contributed by atoms with E-state index in [0.29, 0.717) is 6.04 Å². The van der Waals surface area contributed by atoms with E-state index in [1.807, 2.05) is 30.3 Å². The van der Waals surface area contributed by atoms with Gasteiger partial charge in [0.05, 0.1) is 5.69 Å². The number of likely N-dealkylation sites (tertiary alicyclic amines) is 1. The first-order valence-electron chi connectivity index (χ1n) is 8.51. The fraction of sp³-hybridized carbons (Fsp3) is 0.316. The first-order valence-corrected chi connectivity index (χ1v) is 8.51. The molecule has 5 heteroatoms. The summed E-state index contributed by atoms with van der Waals surface area (Å²) in [6.45, 7) is 4.66. The number of aromatic nitrogens is 4. The zero-order valence-electron chi connectivity index (χ0n) is 13.8. The molecule has 1 atom stereocenters. The highest BCUT2D eigenvalue weighted by Crippen LogP contribution is 2.28. The average molecular weight is 319 g/mol. The van der Waals surface area contributed by atoms with Crippen LogP contribution in [0.25, 0.3) is 17.1 Å². The first-order chi connectivity index (χ1) is 11.8. The van der Waals surface area contributed by atoms with E-state index in [0.717, 1.165) is 17.1 Å². The van der Waals surface area contributed by atoms with Crippen LogP contribution in [0.15, 0.2) is 54.6 Å². The molecule has 122 valence electrons. The topological polar surface area (TPSA) is 46.8 Å². The maximum Gasteiger partial charge on any atom is 0.187 e. The zero-order valence-corrected chi connectivity index (χ0v) is 13.8. The minimum atomic E-state index is 0.425. The predicted molar refractivity (Wildman–Crippen MR) is 93.8 cm³/mol. The van der Waals surface area contributed by atoms with Gasteiger partial charge in [-0.2, -0.15) is 4.68 Å². The molecule has 0 N–H and O–H groups in total. The summed E-state index contributed by atoms with van der Waals surface area (Å²) in [5, 5.41) is 12.3. The number of benzene rings is 2. The van der Waals surface area contributed by atoms with Crippen LogP contribution in [0.2, 0.25) is 0 Å². The number of para-hydroxylation sites is 1. The Morgan fingerprint density at radius 1 is 0.958 bits per heavy atom. The summed E-state index contributed by atoms with van der Waals surface area (Å²) in [7, 11) is 0. The Balaban J connectivity index is 1.68. The van der Waals surface area contributed by atoms with Crippen LogP contribution in [0.3, 0.4) is 0 Å². The van der Waals surface area contributed by atoms with Gasteiger partial charge in [-0.15, -0.1) is 5.10 Å². The quantitative estimate of drug-likeness (QED) is 0.738. The van der Waals surface area contributed by atoms with Gasteiger partial charge in [0.15, 0.2) is 5.82 Å². The van der Waals surface area contributed by atoms with Crippen LogP contribution < -0.4 is 0 Å². The molecule has 3 aromatic rings. The Morgan fingerprint density at radius 2 is 1.75 bits per heavy atom. The molecule has 1 aromatic heterocycles. The van der Waals surface area contributed by atoms with Gasteiger partial charge in [-0.3, -0.25) is 4.90 Å². The Hall–Kier alpha value is -2.53. The predicted octanol–water partition coefficient (Wildman–Crippen LogP) is 3.49. The van der Waals surface area contributed by atoms with Crippen molar-refractivity contribution in [3.63, 3.8) is 0 Å². The number of rotatable bonds is 4. The molecule has 0 amide bonds. The minimum absolute atomic E-state index is 0.425. The number of hydrogen-bond donors (Lipinski definition) is 0. The molecule has 0 unspecified atom stereocenters. The van der Waals surface area contributed by atoms with E-state index < -0.39 is 0 Å². The molecular weight excluding hydrogens is 298 g/mol. The Kier molecular flexibility index (Phi) is 4.09. The molecule has 0 bridgehead atoms. The lowest BCUT2D eigenvalue weighted by molar-refractivity contribution is 0.263. The molecule has 1 saturated heterocycles. The largest absolute Gasteiger partial charge is 0.297 e. The van der Waals surface area contributed by atoms with Crippen LogP contribution in [0.1, 0.15) is 31.4 Å². The molecule has 24 heavy (non-hydrogen) atoms. The van der Waals surface area contributed by atoms with Crippen molar-refractivity contribution in [2.75, 3.05) is 13.1 Å². The molecule has 1 aliphatic heterocycles. The molecule has 0 radical (unpaired) electrons. The van der Waals surface area contributed by atoms with Crippen molar-refractivity contribution < 1.29 is 0 Å². The van der Waals surface area contributed by atoms with Crippen molar-refractivity contribution in [3.8, 4) is 17.1 Å². The fourth-order valence-electron chi connectivity index (χ4n) is 3.39. The maximum absolute atomic E-state index is 4.25. The molecule has 4 rings (SSSR count). The van der Waals surface area contributed by atoms with E-state index in [9.17, 15) is 0 Å². The SMILES string of the molecule is C[C@@H](c1cccc(-c2nnnn2-c2ccccc2)c1)N1CCCC1. The fourth-order valence-corrected chi connectivity index (χ4v) is 3.39. The third-order valence-electron chi connectivity index (χ3n) is 4.79. The maximum atomic E-state index is 4.25.